The number of sulfonamides is 1. The molecule has 28 heavy (non-hydrogen) atoms. The summed E-state index contributed by atoms with van der Waals surface area (Å²) >= 11 is 7.08. The van der Waals surface area contributed by atoms with E-state index in [-0.39, 0.29) is 17.3 Å². The predicted molar refractivity (Wildman–Crippen MR) is 108 cm³/mol. The van der Waals surface area contributed by atoms with Crippen LogP contribution in [0.25, 0.3) is 0 Å². The first-order valence-corrected chi connectivity index (χ1v) is 11.1. The summed E-state index contributed by atoms with van der Waals surface area (Å²) in [7, 11) is -3.72. The lowest BCUT2D eigenvalue weighted by Crippen LogP contribution is -2.30. The van der Waals surface area contributed by atoms with Crippen molar-refractivity contribution in [3.05, 3.63) is 59.1 Å². The van der Waals surface area contributed by atoms with Crippen molar-refractivity contribution in [1.82, 2.24) is 5.32 Å². The highest BCUT2D eigenvalue weighted by Gasteiger charge is 2.09. The molecule has 0 atom stereocenters. The number of primary sulfonamides is 1. The van der Waals surface area contributed by atoms with E-state index in [1.165, 1.54) is 23.9 Å². The summed E-state index contributed by atoms with van der Waals surface area (Å²) in [4.78, 5) is 24.3. The zero-order valence-electron chi connectivity index (χ0n) is 14.8. The molecule has 150 valence electrons. The summed E-state index contributed by atoms with van der Waals surface area (Å²) in [6, 6.07) is 13.1. The lowest BCUT2D eigenvalue weighted by atomic mass is 10.1. The Bertz CT molecular complexity index is 916. The van der Waals surface area contributed by atoms with Gasteiger partial charge >= 0.3 is 5.97 Å². The number of rotatable bonds is 9. The van der Waals surface area contributed by atoms with Crippen molar-refractivity contribution >= 4 is 45.3 Å². The molecule has 0 heterocycles. The topological polar surface area (TPSA) is 116 Å². The highest BCUT2D eigenvalue weighted by atomic mass is 35.5. The van der Waals surface area contributed by atoms with Gasteiger partial charge in [0.25, 0.3) is 5.91 Å². The van der Waals surface area contributed by atoms with E-state index in [1.54, 1.807) is 36.4 Å². The van der Waals surface area contributed by atoms with Crippen molar-refractivity contribution in [3.8, 4) is 0 Å². The van der Waals surface area contributed by atoms with Crippen molar-refractivity contribution in [2.75, 3.05) is 18.9 Å². The monoisotopic (exact) mass is 442 g/mol. The normalized spacial score (nSPS) is 11.1. The van der Waals surface area contributed by atoms with E-state index in [4.69, 9.17) is 21.5 Å². The molecule has 0 saturated carbocycles. The summed E-state index contributed by atoms with van der Waals surface area (Å²) in [5.41, 5.74) is 0.837. The Hall–Kier alpha value is -2.07. The second-order valence-corrected chi connectivity index (χ2v) is 8.74. The molecule has 0 aromatic heterocycles. The molecular formula is C18H19ClN2O5S2. The first-order valence-electron chi connectivity index (χ1n) is 8.16. The van der Waals surface area contributed by atoms with Gasteiger partial charge in [-0.2, -0.15) is 0 Å². The molecule has 2 rings (SSSR count). The quantitative estimate of drug-likeness (QED) is 0.453. The van der Waals surface area contributed by atoms with Gasteiger partial charge in [0.1, 0.15) is 0 Å². The fourth-order valence-electron chi connectivity index (χ4n) is 2.10. The van der Waals surface area contributed by atoms with E-state index in [0.717, 1.165) is 10.5 Å². The maximum Gasteiger partial charge on any atom is 0.316 e. The third-order valence-electron chi connectivity index (χ3n) is 3.52. The van der Waals surface area contributed by atoms with Crippen LogP contribution in [0, 0.1) is 0 Å². The second kappa shape index (κ2) is 10.5. The van der Waals surface area contributed by atoms with Crippen LogP contribution in [0.2, 0.25) is 5.02 Å². The summed E-state index contributed by atoms with van der Waals surface area (Å²) in [6.45, 7) is -0.0327. The van der Waals surface area contributed by atoms with E-state index in [2.05, 4.69) is 5.32 Å². The number of benzene rings is 2. The van der Waals surface area contributed by atoms with Crippen molar-refractivity contribution in [2.24, 2.45) is 5.14 Å². The van der Waals surface area contributed by atoms with Crippen LogP contribution in [0.4, 0.5) is 0 Å². The van der Waals surface area contributed by atoms with Gasteiger partial charge in [-0.3, -0.25) is 9.59 Å². The van der Waals surface area contributed by atoms with Crippen LogP contribution < -0.4 is 10.5 Å². The van der Waals surface area contributed by atoms with E-state index in [1.807, 2.05) is 0 Å². The highest BCUT2D eigenvalue weighted by Crippen LogP contribution is 2.20. The number of carbonyl (C=O) groups excluding carboxylic acids is 2. The zero-order chi connectivity index (χ0) is 20.6. The van der Waals surface area contributed by atoms with E-state index >= 15 is 0 Å². The van der Waals surface area contributed by atoms with Gasteiger partial charge in [-0.25, -0.2) is 13.6 Å². The average Bonchev–Trinajstić information content (AvgIpc) is 2.65. The molecule has 0 aliphatic heterocycles. The van der Waals surface area contributed by atoms with Gasteiger partial charge in [0.2, 0.25) is 10.0 Å². The first-order chi connectivity index (χ1) is 13.2. The Labute approximate surface area is 172 Å². The molecule has 2 aromatic carbocycles. The molecule has 3 N–H and O–H groups in total. The second-order valence-electron chi connectivity index (χ2n) is 5.69. The summed E-state index contributed by atoms with van der Waals surface area (Å²) in [6.07, 6.45) is 0.497. The third kappa shape index (κ3) is 7.89. The van der Waals surface area contributed by atoms with Crippen LogP contribution >= 0.6 is 23.4 Å². The van der Waals surface area contributed by atoms with Crippen LogP contribution in [0.15, 0.2) is 58.3 Å². The zero-order valence-corrected chi connectivity index (χ0v) is 17.1. The van der Waals surface area contributed by atoms with Crippen LogP contribution in [0.3, 0.4) is 0 Å². The Kier molecular flexibility index (Phi) is 8.31. The Morgan fingerprint density at radius 2 is 1.71 bits per heavy atom. The molecule has 1 amide bonds. The van der Waals surface area contributed by atoms with Gasteiger partial charge in [0, 0.05) is 16.5 Å². The fraction of sp³-hybridized carbons (Fsp3) is 0.222. The Morgan fingerprint density at radius 3 is 2.32 bits per heavy atom. The Balaban J connectivity index is 1.64. The standard InChI is InChI=1S/C18H19ClN2O5S2/c19-14-3-5-15(6-4-14)27-12-18(23)26-11-17(22)21-10-9-13-1-7-16(8-2-13)28(20,24)25/h1-8H,9-12H2,(H,21,22)(H2,20,24,25). The van der Waals surface area contributed by atoms with Crippen molar-refractivity contribution < 1.29 is 22.7 Å². The molecule has 0 saturated heterocycles. The number of halogens is 1. The predicted octanol–water partition coefficient (Wildman–Crippen LogP) is 1.98. The molecule has 0 unspecified atom stereocenters. The molecule has 0 aliphatic rings. The van der Waals surface area contributed by atoms with E-state index in [9.17, 15) is 18.0 Å². The fourth-order valence-corrected chi connectivity index (χ4v) is 3.44. The van der Waals surface area contributed by atoms with Gasteiger partial charge in [-0.05, 0) is 48.4 Å². The number of esters is 1. The molecule has 0 bridgehead atoms. The number of nitrogens with one attached hydrogen (secondary N) is 1. The van der Waals surface area contributed by atoms with Gasteiger partial charge in [0.15, 0.2) is 6.61 Å². The maximum absolute atomic E-state index is 11.7. The largest absolute Gasteiger partial charge is 0.455 e. The van der Waals surface area contributed by atoms with Gasteiger partial charge in [0.05, 0.1) is 10.6 Å². The first kappa shape index (κ1) is 22.2. The molecule has 2 aromatic rings. The summed E-state index contributed by atoms with van der Waals surface area (Å²) < 4.78 is 27.3. The highest BCUT2D eigenvalue weighted by molar-refractivity contribution is 8.00. The van der Waals surface area contributed by atoms with Crippen LogP contribution in [0.1, 0.15) is 5.56 Å². The van der Waals surface area contributed by atoms with Crippen LogP contribution in [-0.4, -0.2) is 39.2 Å². The van der Waals surface area contributed by atoms with Crippen molar-refractivity contribution in [1.29, 1.82) is 0 Å². The molecule has 0 aliphatic carbocycles. The molecular weight excluding hydrogens is 424 g/mol. The van der Waals surface area contributed by atoms with Gasteiger partial charge in [-0.1, -0.05) is 23.7 Å². The average molecular weight is 443 g/mol. The van der Waals surface area contributed by atoms with Crippen LogP contribution in [0.5, 0.6) is 0 Å². The van der Waals surface area contributed by atoms with Crippen molar-refractivity contribution in [2.45, 2.75) is 16.2 Å². The summed E-state index contributed by atoms with van der Waals surface area (Å²) in [5, 5.41) is 8.28. The molecule has 7 nitrogen and oxygen atoms in total. The van der Waals surface area contributed by atoms with E-state index in [0.29, 0.717) is 18.0 Å². The minimum Gasteiger partial charge on any atom is -0.455 e. The number of amides is 1. The number of ether oxygens (including phenoxy) is 1. The lowest BCUT2D eigenvalue weighted by molar-refractivity contribution is -0.145. The number of hydrogen-bond donors (Lipinski definition) is 2. The minimum atomic E-state index is -3.72. The Morgan fingerprint density at radius 1 is 1.07 bits per heavy atom. The number of carbonyl (C=O) groups is 2. The maximum atomic E-state index is 11.7. The minimum absolute atomic E-state index is 0.0312. The third-order valence-corrected chi connectivity index (χ3v) is 5.69. The molecule has 0 spiro atoms. The smallest absolute Gasteiger partial charge is 0.316 e. The lowest BCUT2D eigenvalue weighted by Gasteiger charge is -2.07. The number of nitrogens with two attached hydrogens (primary N) is 1. The summed E-state index contributed by atoms with van der Waals surface area (Å²) in [5.74, 6) is -0.814. The molecule has 10 heteroatoms. The van der Waals surface area contributed by atoms with Crippen molar-refractivity contribution in [3.63, 3.8) is 0 Å². The number of hydrogen-bond acceptors (Lipinski definition) is 6. The van der Waals surface area contributed by atoms with E-state index < -0.39 is 21.9 Å². The van der Waals surface area contributed by atoms with Gasteiger partial charge in [-0.15, -0.1) is 11.8 Å². The van der Waals surface area contributed by atoms with Gasteiger partial charge < -0.3 is 10.1 Å². The molecule has 0 fully saturated rings. The number of thioether (sulfide) groups is 1. The SMILES string of the molecule is NS(=O)(=O)c1ccc(CCNC(=O)COC(=O)CSc2ccc(Cl)cc2)cc1. The molecule has 0 radical (unpaired) electrons. The van der Waals surface area contributed by atoms with Crippen LogP contribution in [-0.2, 0) is 30.8 Å².